The summed E-state index contributed by atoms with van der Waals surface area (Å²) in [6.07, 6.45) is 9.76. The quantitative estimate of drug-likeness (QED) is 0.527. The molecule has 0 N–H and O–H groups in total. The maximum atomic E-state index is 2.66. The number of hydrogen-bond acceptors (Lipinski definition) is 0. The minimum Gasteiger partial charge on any atom is -0.0819 e. The van der Waals surface area contributed by atoms with Crippen molar-refractivity contribution < 1.29 is 0 Å². The Hall–Kier alpha value is -0.260. The molecule has 0 amide bonds. The maximum absolute atomic E-state index is 2.66. The zero-order chi connectivity index (χ0) is 14.9. The van der Waals surface area contributed by atoms with Crippen LogP contribution in [0.25, 0.3) is 0 Å². The molecule has 0 radical (unpaired) electrons. The first-order valence-electron chi connectivity index (χ1n) is 9.14. The van der Waals surface area contributed by atoms with Gasteiger partial charge in [-0.25, -0.2) is 0 Å². The lowest BCUT2D eigenvalue weighted by Gasteiger charge is -2.43. The average Bonchev–Trinajstić information content (AvgIpc) is 2.44. The van der Waals surface area contributed by atoms with Crippen molar-refractivity contribution in [1.82, 2.24) is 0 Å². The monoisotopic (exact) mass is 276 g/mol. The highest BCUT2D eigenvalue weighted by Crippen LogP contribution is 2.46. The van der Waals surface area contributed by atoms with Gasteiger partial charge in [0, 0.05) is 0 Å². The third kappa shape index (κ3) is 3.31. The van der Waals surface area contributed by atoms with E-state index in [-0.39, 0.29) is 0 Å². The summed E-state index contributed by atoms with van der Waals surface area (Å²) in [7, 11) is 0. The molecule has 2 aliphatic carbocycles. The predicted octanol–water partition coefficient (Wildman–Crippen LogP) is 6.32. The van der Waals surface area contributed by atoms with E-state index in [9.17, 15) is 0 Å². The van der Waals surface area contributed by atoms with Crippen LogP contribution in [0.1, 0.15) is 73.6 Å². The van der Waals surface area contributed by atoms with Crippen LogP contribution in [-0.4, -0.2) is 0 Å². The topological polar surface area (TPSA) is 0 Å². The first-order chi connectivity index (χ1) is 9.43. The SMILES string of the molecule is CCC(C)C1C/C(=C/C(C)C2CCC(C)C(C)C2)C1C. The molecule has 0 aromatic heterocycles. The van der Waals surface area contributed by atoms with Crippen molar-refractivity contribution in [2.45, 2.75) is 73.6 Å². The van der Waals surface area contributed by atoms with E-state index in [2.05, 4.69) is 47.6 Å². The molecule has 0 aromatic carbocycles. The summed E-state index contributed by atoms with van der Waals surface area (Å²) in [5.41, 5.74) is 1.77. The summed E-state index contributed by atoms with van der Waals surface area (Å²) in [5, 5.41) is 0. The summed E-state index contributed by atoms with van der Waals surface area (Å²) < 4.78 is 0. The van der Waals surface area contributed by atoms with Gasteiger partial charge < -0.3 is 0 Å². The Morgan fingerprint density at radius 1 is 1.10 bits per heavy atom. The van der Waals surface area contributed by atoms with Gasteiger partial charge in [-0.3, -0.25) is 0 Å². The Morgan fingerprint density at radius 3 is 2.35 bits per heavy atom. The molecule has 0 bridgehead atoms. The van der Waals surface area contributed by atoms with Crippen molar-refractivity contribution in [1.29, 1.82) is 0 Å². The Morgan fingerprint density at radius 2 is 1.80 bits per heavy atom. The van der Waals surface area contributed by atoms with Crippen LogP contribution < -0.4 is 0 Å². The minimum atomic E-state index is 0.806. The first-order valence-corrected chi connectivity index (χ1v) is 9.14. The van der Waals surface area contributed by atoms with Gasteiger partial charge in [0.2, 0.25) is 0 Å². The van der Waals surface area contributed by atoms with E-state index in [0.717, 1.165) is 41.4 Å². The predicted molar refractivity (Wildman–Crippen MR) is 89.6 cm³/mol. The fourth-order valence-corrected chi connectivity index (χ4v) is 4.51. The molecule has 0 saturated heterocycles. The van der Waals surface area contributed by atoms with Crippen LogP contribution in [0, 0.1) is 41.4 Å². The van der Waals surface area contributed by atoms with E-state index in [4.69, 9.17) is 0 Å². The van der Waals surface area contributed by atoms with Crippen LogP contribution >= 0.6 is 0 Å². The molecule has 0 heterocycles. The van der Waals surface area contributed by atoms with Crippen LogP contribution in [0.5, 0.6) is 0 Å². The molecule has 0 heteroatoms. The molecule has 7 unspecified atom stereocenters. The fraction of sp³-hybridized carbons (Fsp3) is 0.900. The lowest BCUT2D eigenvalue weighted by molar-refractivity contribution is 0.173. The van der Waals surface area contributed by atoms with Crippen molar-refractivity contribution >= 4 is 0 Å². The Bertz CT molecular complexity index is 340. The van der Waals surface area contributed by atoms with Gasteiger partial charge in [-0.2, -0.15) is 0 Å². The number of rotatable bonds is 4. The van der Waals surface area contributed by atoms with Crippen LogP contribution in [0.3, 0.4) is 0 Å². The second-order valence-electron chi connectivity index (χ2n) is 8.17. The van der Waals surface area contributed by atoms with E-state index < -0.39 is 0 Å². The first kappa shape index (κ1) is 16.1. The highest BCUT2D eigenvalue weighted by Gasteiger charge is 2.36. The van der Waals surface area contributed by atoms with Crippen LogP contribution in [0.4, 0.5) is 0 Å². The minimum absolute atomic E-state index is 0.806. The van der Waals surface area contributed by atoms with Crippen molar-refractivity contribution in [3.8, 4) is 0 Å². The molecule has 2 saturated carbocycles. The third-order valence-electron chi connectivity index (χ3n) is 6.93. The molecule has 2 rings (SSSR count). The molecule has 0 nitrogen and oxygen atoms in total. The molecule has 2 fully saturated rings. The second-order valence-corrected chi connectivity index (χ2v) is 8.17. The van der Waals surface area contributed by atoms with E-state index >= 15 is 0 Å². The lowest BCUT2D eigenvalue weighted by atomic mass is 9.62. The maximum Gasteiger partial charge on any atom is -0.0197 e. The molecule has 20 heavy (non-hydrogen) atoms. The Kier molecular flexibility index (Phi) is 5.37. The van der Waals surface area contributed by atoms with Crippen LogP contribution in [-0.2, 0) is 0 Å². The molecule has 0 aliphatic heterocycles. The normalized spacial score (nSPS) is 43.1. The summed E-state index contributed by atoms with van der Waals surface area (Å²) in [4.78, 5) is 0. The second kappa shape index (κ2) is 6.67. The van der Waals surface area contributed by atoms with E-state index in [1.54, 1.807) is 5.57 Å². The van der Waals surface area contributed by atoms with Gasteiger partial charge in [0.05, 0.1) is 0 Å². The Balaban J connectivity index is 1.89. The number of hydrogen-bond donors (Lipinski definition) is 0. The smallest absolute Gasteiger partial charge is 0.0197 e. The largest absolute Gasteiger partial charge is 0.0819 e. The highest BCUT2D eigenvalue weighted by molar-refractivity contribution is 5.19. The van der Waals surface area contributed by atoms with E-state index in [0.29, 0.717) is 0 Å². The van der Waals surface area contributed by atoms with Crippen LogP contribution in [0.2, 0.25) is 0 Å². The summed E-state index contributed by atoms with van der Waals surface area (Å²) in [5.74, 6) is 6.36. The number of allylic oxidation sites excluding steroid dienone is 2. The lowest BCUT2D eigenvalue weighted by Crippen LogP contribution is -2.33. The van der Waals surface area contributed by atoms with Gasteiger partial charge in [0.1, 0.15) is 0 Å². The van der Waals surface area contributed by atoms with Gasteiger partial charge in [-0.1, -0.05) is 66.0 Å². The van der Waals surface area contributed by atoms with E-state index in [1.165, 1.54) is 32.1 Å². The van der Waals surface area contributed by atoms with Crippen molar-refractivity contribution in [3.05, 3.63) is 11.6 Å². The zero-order valence-corrected chi connectivity index (χ0v) is 14.7. The third-order valence-corrected chi connectivity index (χ3v) is 6.93. The molecular formula is C20H36. The molecule has 0 spiro atoms. The average molecular weight is 277 g/mol. The molecule has 0 aromatic rings. The standard InChI is InChI=1S/C20H36/c1-7-13(2)20-12-19(17(20)6)11-16(5)18-9-8-14(3)15(4)10-18/h11,13-18,20H,7-10,12H2,1-6H3/b19-11-. The zero-order valence-electron chi connectivity index (χ0n) is 14.7. The van der Waals surface area contributed by atoms with Gasteiger partial charge in [-0.15, -0.1) is 0 Å². The van der Waals surface area contributed by atoms with Crippen molar-refractivity contribution in [3.63, 3.8) is 0 Å². The van der Waals surface area contributed by atoms with Gasteiger partial charge in [0.25, 0.3) is 0 Å². The van der Waals surface area contributed by atoms with Gasteiger partial charge in [-0.05, 0) is 60.7 Å². The van der Waals surface area contributed by atoms with Gasteiger partial charge >= 0.3 is 0 Å². The molecular weight excluding hydrogens is 240 g/mol. The van der Waals surface area contributed by atoms with Crippen LogP contribution in [0.15, 0.2) is 11.6 Å². The van der Waals surface area contributed by atoms with Crippen molar-refractivity contribution in [2.24, 2.45) is 41.4 Å². The highest BCUT2D eigenvalue weighted by atomic mass is 14.4. The summed E-state index contributed by atoms with van der Waals surface area (Å²) >= 11 is 0. The van der Waals surface area contributed by atoms with E-state index in [1.807, 2.05) is 0 Å². The van der Waals surface area contributed by atoms with Gasteiger partial charge in [0.15, 0.2) is 0 Å². The molecule has 7 atom stereocenters. The summed E-state index contributed by atoms with van der Waals surface area (Å²) in [6, 6.07) is 0. The molecule has 116 valence electrons. The summed E-state index contributed by atoms with van der Waals surface area (Å²) in [6.45, 7) is 14.6. The molecule has 2 aliphatic rings. The fourth-order valence-electron chi connectivity index (χ4n) is 4.51. The van der Waals surface area contributed by atoms with Crippen molar-refractivity contribution in [2.75, 3.05) is 0 Å². The Labute approximate surface area is 127 Å².